The van der Waals surface area contributed by atoms with Crippen molar-refractivity contribution < 1.29 is 0 Å². The van der Waals surface area contributed by atoms with E-state index < -0.39 is 0 Å². The molecular formula is C17H13ClN4S. The van der Waals surface area contributed by atoms with Gasteiger partial charge in [-0.2, -0.15) is 5.10 Å². The summed E-state index contributed by atoms with van der Waals surface area (Å²) in [5.41, 5.74) is 2.96. The Morgan fingerprint density at radius 1 is 1.17 bits per heavy atom. The molecule has 3 aromatic heterocycles. The number of nitrogens with zero attached hydrogens (tertiary/aromatic N) is 3. The number of aromatic nitrogens is 4. The first-order valence-corrected chi connectivity index (χ1v) is 8.29. The Morgan fingerprint density at radius 3 is 2.74 bits per heavy atom. The van der Waals surface area contributed by atoms with E-state index in [0.29, 0.717) is 0 Å². The van der Waals surface area contributed by atoms with Crippen molar-refractivity contribution in [3.63, 3.8) is 0 Å². The fourth-order valence-electron chi connectivity index (χ4n) is 2.48. The Bertz CT molecular complexity index is 972. The summed E-state index contributed by atoms with van der Waals surface area (Å²) in [5, 5.41) is 6.11. The van der Waals surface area contributed by atoms with Crippen molar-refractivity contribution in [2.75, 3.05) is 0 Å². The van der Waals surface area contributed by atoms with E-state index in [1.54, 1.807) is 22.6 Å². The van der Waals surface area contributed by atoms with Crippen LogP contribution in [0.1, 0.15) is 0 Å². The van der Waals surface area contributed by atoms with Gasteiger partial charge in [-0.1, -0.05) is 23.4 Å². The highest BCUT2D eigenvalue weighted by atomic mass is 35.5. The number of fused-ring (bicyclic) bond motifs is 1. The van der Waals surface area contributed by atoms with Gasteiger partial charge in [0.1, 0.15) is 5.65 Å². The smallest absolute Gasteiger partial charge is 0.138 e. The quantitative estimate of drug-likeness (QED) is 0.584. The normalized spacial score (nSPS) is 11.2. The number of nitrogens with one attached hydrogen (secondary N) is 1. The fourth-order valence-corrected chi connectivity index (χ4v) is 3.66. The molecule has 1 aromatic carbocycles. The lowest BCUT2D eigenvalue weighted by molar-refractivity contribution is 0.768. The number of rotatable bonds is 3. The van der Waals surface area contributed by atoms with Crippen molar-refractivity contribution in [3.8, 4) is 11.3 Å². The number of pyridine rings is 1. The first-order chi connectivity index (χ1) is 11.2. The van der Waals surface area contributed by atoms with E-state index in [9.17, 15) is 0 Å². The molecule has 1 N–H and O–H groups in total. The topological polar surface area (TPSA) is 46.5 Å². The lowest BCUT2D eigenvalue weighted by Gasteiger charge is -2.03. The number of hydrogen-bond acceptors (Lipinski definition) is 3. The number of benzene rings is 1. The van der Waals surface area contributed by atoms with Gasteiger partial charge in [0.05, 0.1) is 11.9 Å². The van der Waals surface area contributed by atoms with Gasteiger partial charge in [-0.3, -0.25) is 4.68 Å². The van der Waals surface area contributed by atoms with Crippen LogP contribution in [0.4, 0.5) is 0 Å². The second-order valence-corrected chi connectivity index (χ2v) is 6.71. The predicted octanol–water partition coefficient (Wildman–Crippen LogP) is 4.77. The highest BCUT2D eigenvalue weighted by molar-refractivity contribution is 7.99. The Hall–Kier alpha value is -2.24. The van der Waals surface area contributed by atoms with E-state index in [0.717, 1.165) is 37.1 Å². The van der Waals surface area contributed by atoms with Crippen LogP contribution in [0.2, 0.25) is 5.02 Å². The van der Waals surface area contributed by atoms with Gasteiger partial charge in [-0.25, -0.2) is 4.98 Å². The van der Waals surface area contributed by atoms with E-state index in [4.69, 9.17) is 11.6 Å². The highest BCUT2D eigenvalue weighted by Crippen LogP contribution is 2.40. The van der Waals surface area contributed by atoms with Gasteiger partial charge < -0.3 is 4.98 Å². The van der Waals surface area contributed by atoms with Crippen LogP contribution in [0.3, 0.4) is 0 Å². The molecule has 4 aromatic rings. The second-order valence-electron chi connectivity index (χ2n) is 5.19. The molecule has 0 saturated carbocycles. The van der Waals surface area contributed by atoms with Crippen molar-refractivity contribution in [3.05, 3.63) is 60.0 Å². The first kappa shape index (κ1) is 14.4. The first-order valence-electron chi connectivity index (χ1n) is 7.10. The molecule has 0 amide bonds. The number of aromatic amines is 1. The summed E-state index contributed by atoms with van der Waals surface area (Å²) < 4.78 is 1.80. The standard InChI is InChI=1S/C17H13ClN4S/c1-22-10-11(9-20-22)15-16(14-3-2-8-19-17(14)21-15)23-13-6-4-12(18)5-7-13/h2-10H,1H3,(H,19,21). The van der Waals surface area contributed by atoms with Crippen LogP contribution in [0.15, 0.2) is 64.8 Å². The Morgan fingerprint density at radius 2 is 2.00 bits per heavy atom. The number of halogens is 1. The molecule has 4 nitrogen and oxygen atoms in total. The fraction of sp³-hybridized carbons (Fsp3) is 0.0588. The van der Waals surface area contributed by atoms with Crippen molar-refractivity contribution in [2.24, 2.45) is 7.05 Å². The van der Waals surface area contributed by atoms with Gasteiger partial charge in [0.15, 0.2) is 0 Å². The molecule has 0 atom stereocenters. The van der Waals surface area contributed by atoms with Gasteiger partial charge >= 0.3 is 0 Å². The predicted molar refractivity (Wildman–Crippen MR) is 93.9 cm³/mol. The molecule has 0 spiro atoms. The monoisotopic (exact) mass is 340 g/mol. The van der Waals surface area contributed by atoms with E-state index in [1.807, 2.05) is 49.8 Å². The summed E-state index contributed by atoms with van der Waals surface area (Å²) in [7, 11) is 1.91. The molecule has 114 valence electrons. The lowest BCUT2D eigenvalue weighted by Crippen LogP contribution is -1.84. The van der Waals surface area contributed by atoms with E-state index in [2.05, 4.69) is 21.1 Å². The third kappa shape index (κ3) is 2.73. The van der Waals surface area contributed by atoms with Crippen LogP contribution in [0.5, 0.6) is 0 Å². The number of hydrogen-bond donors (Lipinski definition) is 1. The minimum atomic E-state index is 0.738. The zero-order valence-corrected chi connectivity index (χ0v) is 13.9. The van der Waals surface area contributed by atoms with Gasteiger partial charge in [-0.15, -0.1) is 0 Å². The summed E-state index contributed by atoms with van der Waals surface area (Å²) in [6, 6.07) is 11.9. The van der Waals surface area contributed by atoms with E-state index in [-0.39, 0.29) is 0 Å². The van der Waals surface area contributed by atoms with Crippen LogP contribution in [-0.4, -0.2) is 19.7 Å². The highest BCUT2D eigenvalue weighted by Gasteiger charge is 2.16. The van der Waals surface area contributed by atoms with Crippen LogP contribution >= 0.6 is 23.4 Å². The van der Waals surface area contributed by atoms with Crippen LogP contribution in [-0.2, 0) is 7.05 Å². The third-order valence-corrected chi connectivity index (χ3v) is 4.94. The summed E-state index contributed by atoms with van der Waals surface area (Å²) in [6.45, 7) is 0. The van der Waals surface area contributed by atoms with E-state index >= 15 is 0 Å². The molecule has 0 saturated heterocycles. The maximum atomic E-state index is 5.98. The van der Waals surface area contributed by atoms with Crippen molar-refractivity contribution in [1.82, 2.24) is 19.7 Å². The molecule has 3 heterocycles. The maximum absolute atomic E-state index is 5.98. The Balaban J connectivity index is 1.87. The SMILES string of the molecule is Cn1cc(-c2[nH]c3ncccc3c2Sc2ccc(Cl)cc2)cn1. The lowest BCUT2D eigenvalue weighted by atomic mass is 10.2. The summed E-state index contributed by atoms with van der Waals surface area (Å²) in [6.07, 6.45) is 5.65. The summed E-state index contributed by atoms with van der Waals surface area (Å²) in [4.78, 5) is 10.1. The minimum absolute atomic E-state index is 0.738. The van der Waals surface area contributed by atoms with Crippen LogP contribution in [0.25, 0.3) is 22.3 Å². The molecule has 0 unspecified atom stereocenters. The number of H-pyrrole nitrogens is 1. The van der Waals surface area contributed by atoms with Crippen molar-refractivity contribution in [1.29, 1.82) is 0 Å². The number of aryl methyl sites for hydroxylation is 1. The van der Waals surface area contributed by atoms with E-state index in [1.165, 1.54) is 0 Å². The van der Waals surface area contributed by atoms with Gasteiger partial charge in [0.2, 0.25) is 0 Å². The van der Waals surface area contributed by atoms with Gasteiger partial charge in [-0.05, 0) is 36.4 Å². The molecule has 0 radical (unpaired) electrons. The zero-order chi connectivity index (χ0) is 15.8. The molecule has 0 aliphatic carbocycles. The van der Waals surface area contributed by atoms with Crippen molar-refractivity contribution in [2.45, 2.75) is 9.79 Å². The molecule has 0 fully saturated rings. The molecule has 23 heavy (non-hydrogen) atoms. The van der Waals surface area contributed by atoms with Gasteiger partial charge in [0, 0.05) is 45.2 Å². The molecule has 0 aliphatic rings. The van der Waals surface area contributed by atoms with Crippen molar-refractivity contribution >= 4 is 34.4 Å². The zero-order valence-electron chi connectivity index (χ0n) is 12.3. The molecule has 0 aliphatic heterocycles. The summed E-state index contributed by atoms with van der Waals surface area (Å²) >= 11 is 7.68. The largest absolute Gasteiger partial charge is 0.338 e. The third-order valence-electron chi connectivity index (χ3n) is 3.55. The second kappa shape index (κ2) is 5.76. The van der Waals surface area contributed by atoms with Crippen LogP contribution < -0.4 is 0 Å². The Labute approximate surface area is 142 Å². The maximum Gasteiger partial charge on any atom is 0.138 e. The summed E-state index contributed by atoms with van der Waals surface area (Å²) in [5.74, 6) is 0. The Kier molecular flexibility index (Phi) is 3.59. The van der Waals surface area contributed by atoms with Gasteiger partial charge in [0.25, 0.3) is 0 Å². The average molecular weight is 341 g/mol. The molecular weight excluding hydrogens is 328 g/mol. The molecule has 6 heteroatoms. The average Bonchev–Trinajstić information content (AvgIpc) is 3.14. The minimum Gasteiger partial charge on any atom is -0.338 e. The van der Waals surface area contributed by atoms with Crippen LogP contribution in [0, 0.1) is 0 Å². The molecule has 4 rings (SSSR count). The molecule has 0 bridgehead atoms.